The summed E-state index contributed by atoms with van der Waals surface area (Å²) in [6, 6.07) is 9.71. The van der Waals surface area contributed by atoms with Gasteiger partial charge in [0.05, 0.1) is 25.0 Å². The first-order valence-corrected chi connectivity index (χ1v) is 9.17. The molecule has 0 fully saturated rings. The van der Waals surface area contributed by atoms with Gasteiger partial charge in [-0.1, -0.05) is 18.5 Å². The van der Waals surface area contributed by atoms with Crippen molar-refractivity contribution in [3.05, 3.63) is 52.5 Å². The number of methoxy groups -OCH3 is 1. The molecule has 0 atom stereocenters. The number of primary amides is 1. The summed E-state index contributed by atoms with van der Waals surface area (Å²) < 4.78 is 16.0. The standard InChI is InChI=1S/C20H22ClN3O5/c1-3-8-28-17-7-5-14(10-18(17)27-2)20(26)24-23-11-13-4-6-16(15(21)9-13)29-12-19(22)25/h4-7,9-11H,3,8,12H2,1-2H3,(H2,22,25)(H,24,26)/b23-11+. The van der Waals surface area contributed by atoms with Gasteiger partial charge < -0.3 is 19.9 Å². The van der Waals surface area contributed by atoms with Crippen LogP contribution in [0.1, 0.15) is 29.3 Å². The van der Waals surface area contributed by atoms with E-state index in [2.05, 4.69) is 10.5 Å². The number of nitrogens with two attached hydrogens (primary N) is 1. The summed E-state index contributed by atoms with van der Waals surface area (Å²) in [5, 5.41) is 4.21. The number of nitrogens with one attached hydrogen (secondary N) is 1. The van der Waals surface area contributed by atoms with Crippen molar-refractivity contribution in [1.29, 1.82) is 0 Å². The van der Waals surface area contributed by atoms with Gasteiger partial charge in [0, 0.05) is 5.56 Å². The summed E-state index contributed by atoms with van der Waals surface area (Å²) in [5.41, 5.74) is 8.46. The van der Waals surface area contributed by atoms with E-state index in [1.165, 1.54) is 13.3 Å². The zero-order chi connectivity index (χ0) is 21.2. The second-order valence-electron chi connectivity index (χ2n) is 5.86. The van der Waals surface area contributed by atoms with Crippen LogP contribution in [0.4, 0.5) is 0 Å². The summed E-state index contributed by atoms with van der Waals surface area (Å²) in [6.45, 7) is 2.29. The van der Waals surface area contributed by atoms with Crippen molar-refractivity contribution < 1.29 is 23.8 Å². The number of carbonyl (C=O) groups excluding carboxylic acids is 2. The molecule has 154 valence electrons. The van der Waals surface area contributed by atoms with Crippen molar-refractivity contribution in [1.82, 2.24) is 5.43 Å². The predicted molar refractivity (Wildman–Crippen MR) is 110 cm³/mol. The molecule has 0 aliphatic rings. The molecule has 0 saturated carbocycles. The first kappa shape index (κ1) is 22.0. The van der Waals surface area contributed by atoms with Crippen LogP contribution < -0.4 is 25.4 Å². The van der Waals surface area contributed by atoms with E-state index in [1.807, 2.05) is 6.92 Å². The Kier molecular flexibility index (Phi) is 8.29. The Labute approximate surface area is 173 Å². The number of carbonyl (C=O) groups is 2. The molecule has 8 nitrogen and oxygen atoms in total. The Hall–Kier alpha value is -3.26. The highest BCUT2D eigenvalue weighted by molar-refractivity contribution is 6.32. The second-order valence-corrected chi connectivity index (χ2v) is 6.27. The minimum atomic E-state index is -0.601. The highest BCUT2D eigenvalue weighted by Crippen LogP contribution is 2.28. The maximum atomic E-state index is 12.3. The molecule has 0 heterocycles. The molecule has 29 heavy (non-hydrogen) atoms. The summed E-state index contributed by atoms with van der Waals surface area (Å²) >= 11 is 6.08. The normalized spacial score (nSPS) is 10.6. The van der Waals surface area contributed by atoms with E-state index in [0.29, 0.717) is 35.0 Å². The largest absolute Gasteiger partial charge is 0.493 e. The lowest BCUT2D eigenvalue weighted by atomic mass is 10.2. The molecular formula is C20H22ClN3O5. The van der Waals surface area contributed by atoms with E-state index >= 15 is 0 Å². The Morgan fingerprint density at radius 1 is 1.14 bits per heavy atom. The van der Waals surface area contributed by atoms with Crippen LogP contribution in [0.25, 0.3) is 0 Å². The number of hydrogen-bond acceptors (Lipinski definition) is 6. The van der Waals surface area contributed by atoms with E-state index < -0.39 is 11.8 Å². The summed E-state index contributed by atoms with van der Waals surface area (Å²) in [7, 11) is 1.51. The first-order chi connectivity index (χ1) is 13.9. The number of rotatable bonds is 10. The molecule has 9 heteroatoms. The third-order valence-corrected chi connectivity index (χ3v) is 3.89. The van der Waals surface area contributed by atoms with Crippen molar-refractivity contribution >= 4 is 29.6 Å². The Bertz CT molecular complexity index is 902. The lowest BCUT2D eigenvalue weighted by Gasteiger charge is -2.11. The number of ether oxygens (including phenoxy) is 3. The van der Waals surface area contributed by atoms with Crippen LogP contribution in [0.5, 0.6) is 17.2 Å². The van der Waals surface area contributed by atoms with E-state index in [4.69, 9.17) is 31.5 Å². The van der Waals surface area contributed by atoms with Crippen LogP contribution in [-0.2, 0) is 4.79 Å². The minimum absolute atomic E-state index is 0.269. The predicted octanol–water partition coefficient (Wildman–Crippen LogP) is 2.77. The molecule has 0 bridgehead atoms. The molecule has 0 spiro atoms. The fourth-order valence-electron chi connectivity index (χ4n) is 2.23. The summed E-state index contributed by atoms with van der Waals surface area (Å²) in [4.78, 5) is 23.0. The van der Waals surface area contributed by atoms with Crippen LogP contribution in [0.3, 0.4) is 0 Å². The van der Waals surface area contributed by atoms with Crippen LogP contribution in [0.2, 0.25) is 5.02 Å². The minimum Gasteiger partial charge on any atom is -0.493 e. The zero-order valence-electron chi connectivity index (χ0n) is 16.1. The molecule has 2 rings (SSSR count). The summed E-state index contributed by atoms with van der Waals surface area (Å²) in [5.74, 6) is 0.352. The SMILES string of the molecule is CCCOc1ccc(C(=O)N/N=C/c2ccc(OCC(N)=O)c(Cl)c2)cc1OC. The average Bonchev–Trinajstić information content (AvgIpc) is 2.71. The number of nitrogens with zero attached hydrogens (tertiary/aromatic N) is 1. The summed E-state index contributed by atoms with van der Waals surface area (Å²) in [6.07, 6.45) is 2.29. The fourth-order valence-corrected chi connectivity index (χ4v) is 2.48. The number of hydrazone groups is 1. The van der Waals surface area contributed by atoms with Gasteiger partial charge in [0.1, 0.15) is 5.75 Å². The van der Waals surface area contributed by atoms with Gasteiger partial charge in [-0.05, 0) is 48.4 Å². The van der Waals surface area contributed by atoms with E-state index in [1.54, 1.807) is 36.4 Å². The molecule has 0 unspecified atom stereocenters. The van der Waals surface area contributed by atoms with E-state index in [-0.39, 0.29) is 11.6 Å². The van der Waals surface area contributed by atoms with Crippen LogP contribution in [0.15, 0.2) is 41.5 Å². The molecule has 2 aromatic carbocycles. The maximum absolute atomic E-state index is 12.3. The molecule has 0 aliphatic carbocycles. The second kappa shape index (κ2) is 10.9. The lowest BCUT2D eigenvalue weighted by molar-refractivity contribution is -0.119. The van der Waals surface area contributed by atoms with Crippen LogP contribution in [0, 0.1) is 0 Å². The lowest BCUT2D eigenvalue weighted by Crippen LogP contribution is -2.20. The molecule has 2 amide bonds. The quantitative estimate of drug-likeness (QED) is 0.454. The van der Waals surface area contributed by atoms with Crippen molar-refractivity contribution in [3.8, 4) is 17.2 Å². The number of benzene rings is 2. The smallest absolute Gasteiger partial charge is 0.271 e. The van der Waals surface area contributed by atoms with Gasteiger partial charge in [0.25, 0.3) is 11.8 Å². The highest BCUT2D eigenvalue weighted by atomic mass is 35.5. The van der Waals surface area contributed by atoms with Gasteiger partial charge >= 0.3 is 0 Å². The molecule has 0 radical (unpaired) electrons. The molecule has 3 N–H and O–H groups in total. The monoisotopic (exact) mass is 419 g/mol. The Morgan fingerprint density at radius 2 is 1.90 bits per heavy atom. The zero-order valence-corrected chi connectivity index (χ0v) is 16.9. The van der Waals surface area contributed by atoms with Crippen LogP contribution >= 0.6 is 11.6 Å². The molecule has 2 aromatic rings. The molecule has 0 saturated heterocycles. The van der Waals surface area contributed by atoms with Gasteiger partial charge in [-0.25, -0.2) is 5.43 Å². The van der Waals surface area contributed by atoms with Gasteiger partial charge in [-0.15, -0.1) is 0 Å². The number of hydrogen-bond donors (Lipinski definition) is 2. The van der Waals surface area contributed by atoms with Gasteiger partial charge in [-0.2, -0.15) is 5.10 Å². The van der Waals surface area contributed by atoms with Crippen molar-refractivity contribution in [2.45, 2.75) is 13.3 Å². The Balaban J connectivity index is 2.00. The molecule has 0 aliphatic heterocycles. The number of halogens is 1. The van der Waals surface area contributed by atoms with Crippen molar-refractivity contribution in [2.75, 3.05) is 20.3 Å². The van der Waals surface area contributed by atoms with Crippen molar-refractivity contribution in [2.24, 2.45) is 10.8 Å². The van der Waals surface area contributed by atoms with Gasteiger partial charge in [-0.3, -0.25) is 9.59 Å². The number of amides is 2. The third kappa shape index (κ3) is 6.69. The van der Waals surface area contributed by atoms with E-state index in [9.17, 15) is 9.59 Å². The van der Waals surface area contributed by atoms with Crippen LogP contribution in [-0.4, -0.2) is 38.4 Å². The van der Waals surface area contributed by atoms with E-state index in [0.717, 1.165) is 6.42 Å². The Morgan fingerprint density at radius 3 is 2.55 bits per heavy atom. The van der Waals surface area contributed by atoms with Crippen molar-refractivity contribution in [3.63, 3.8) is 0 Å². The molecule has 0 aromatic heterocycles. The van der Waals surface area contributed by atoms with Gasteiger partial charge in [0.15, 0.2) is 18.1 Å². The highest BCUT2D eigenvalue weighted by Gasteiger charge is 2.11. The average molecular weight is 420 g/mol. The topological polar surface area (TPSA) is 112 Å². The third-order valence-electron chi connectivity index (χ3n) is 3.59. The fraction of sp³-hybridized carbons (Fsp3) is 0.250. The first-order valence-electron chi connectivity index (χ1n) is 8.79. The van der Waals surface area contributed by atoms with Gasteiger partial charge in [0.2, 0.25) is 0 Å². The maximum Gasteiger partial charge on any atom is 0.271 e. The molecular weight excluding hydrogens is 398 g/mol.